The predicted molar refractivity (Wildman–Crippen MR) is 78.5 cm³/mol. The Balaban J connectivity index is 2.56. The van der Waals surface area contributed by atoms with E-state index in [-0.39, 0.29) is 5.78 Å². The number of nitrogens with zero attached hydrogens (tertiary/aromatic N) is 2. The van der Waals surface area contributed by atoms with E-state index >= 15 is 0 Å². The summed E-state index contributed by atoms with van der Waals surface area (Å²) in [7, 11) is 3.43. The molecule has 0 spiro atoms. The molecule has 0 aliphatic heterocycles. The molecule has 0 unspecified atom stereocenters. The molecule has 2 rings (SSSR count). The van der Waals surface area contributed by atoms with Crippen LogP contribution in [0, 0.1) is 13.8 Å². The van der Waals surface area contributed by atoms with E-state index in [1.165, 1.54) is 0 Å². The minimum Gasteiger partial charge on any atom is -0.496 e. The summed E-state index contributed by atoms with van der Waals surface area (Å²) in [5.41, 5.74) is 4.17. The summed E-state index contributed by atoms with van der Waals surface area (Å²) in [4.78, 5) is 12.7. The average molecular weight is 272 g/mol. The molecule has 20 heavy (non-hydrogen) atoms. The highest BCUT2D eigenvalue weighted by Gasteiger charge is 2.21. The van der Waals surface area contributed by atoms with Crippen LogP contribution in [0.1, 0.15) is 39.7 Å². The van der Waals surface area contributed by atoms with Crippen molar-refractivity contribution in [1.82, 2.24) is 9.78 Å². The van der Waals surface area contributed by atoms with E-state index in [0.29, 0.717) is 16.9 Å². The number of aromatic nitrogens is 2. The van der Waals surface area contributed by atoms with Crippen molar-refractivity contribution >= 4 is 5.78 Å². The molecule has 0 aliphatic rings. The number of rotatable bonds is 4. The minimum absolute atomic E-state index is 0.0325. The second kappa shape index (κ2) is 5.49. The highest BCUT2D eigenvalue weighted by molar-refractivity contribution is 6.11. The number of ketones is 1. The van der Waals surface area contributed by atoms with Gasteiger partial charge in [0.15, 0.2) is 5.78 Å². The van der Waals surface area contributed by atoms with Gasteiger partial charge in [-0.05, 0) is 37.5 Å². The molecule has 0 N–H and O–H groups in total. The van der Waals surface area contributed by atoms with Crippen LogP contribution in [0.5, 0.6) is 5.75 Å². The molecule has 0 aliphatic carbocycles. The minimum atomic E-state index is -0.0325. The first-order valence-electron chi connectivity index (χ1n) is 6.71. The van der Waals surface area contributed by atoms with Gasteiger partial charge in [-0.1, -0.05) is 13.0 Å². The van der Waals surface area contributed by atoms with Gasteiger partial charge in [-0.2, -0.15) is 5.10 Å². The number of carbonyl (C=O) groups excluding carboxylic acids is 1. The van der Waals surface area contributed by atoms with E-state index in [0.717, 1.165) is 23.2 Å². The normalized spacial score (nSPS) is 10.7. The van der Waals surface area contributed by atoms with Crippen LogP contribution >= 0.6 is 0 Å². The molecular formula is C16H20N2O2. The average Bonchev–Trinajstić information content (AvgIpc) is 2.82. The number of hydrogen-bond donors (Lipinski definition) is 0. The van der Waals surface area contributed by atoms with Crippen molar-refractivity contribution in [1.29, 1.82) is 0 Å². The third kappa shape index (κ3) is 2.33. The lowest BCUT2D eigenvalue weighted by atomic mass is 9.97. The van der Waals surface area contributed by atoms with E-state index < -0.39 is 0 Å². The van der Waals surface area contributed by atoms with E-state index in [4.69, 9.17) is 4.74 Å². The summed E-state index contributed by atoms with van der Waals surface area (Å²) in [6.07, 6.45) is 2.50. The first kappa shape index (κ1) is 14.3. The van der Waals surface area contributed by atoms with Crippen molar-refractivity contribution < 1.29 is 9.53 Å². The molecule has 0 saturated carbocycles. The second-order valence-corrected chi connectivity index (χ2v) is 4.93. The topological polar surface area (TPSA) is 44.1 Å². The van der Waals surface area contributed by atoms with Gasteiger partial charge in [-0.3, -0.25) is 9.48 Å². The number of benzene rings is 1. The lowest BCUT2D eigenvalue weighted by Gasteiger charge is -2.12. The van der Waals surface area contributed by atoms with Crippen LogP contribution < -0.4 is 4.74 Å². The van der Waals surface area contributed by atoms with Crippen LogP contribution in [-0.2, 0) is 13.5 Å². The number of aryl methyl sites for hydroxylation is 3. The summed E-state index contributed by atoms with van der Waals surface area (Å²) >= 11 is 0. The van der Waals surface area contributed by atoms with Crippen molar-refractivity contribution in [3.63, 3.8) is 0 Å². The lowest BCUT2D eigenvalue weighted by molar-refractivity contribution is 0.103. The fraction of sp³-hybridized carbons (Fsp3) is 0.375. The first-order valence-corrected chi connectivity index (χ1v) is 6.71. The van der Waals surface area contributed by atoms with Crippen molar-refractivity contribution in [2.75, 3.05) is 7.11 Å². The fourth-order valence-electron chi connectivity index (χ4n) is 2.36. The summed E-state index contributed by atoms with van der Waals surface area (Å²) in [6, 6.07) is 3.78. The second-order valence-electron chi connectivity index (χ2n) is 4.93. The standard InChI is InChI=1S/C16H20N2O2/c1-6-14-13(9-18(4)17-14)15(19)12-8-7-10(2)11(3)16(12)20-5/h7-9H,6H2,1-5H3. The van der Waals surface area contributed by atoms with Crippen LogP contribution in [0.15, 0.2) is 18.3 Å². The molecule has 0 fully saturated rings. The van der Waals surface area contributed by atoms with Crippen molar-refractivity contribution in [2.45, 2.75) is 27.2 Å². The van der Waals surface area contributed by atoms with Crippen molar-refractivity contribution in [3.05, 3.63) is 46.3 Å². The molecule has 106 valence electrons. The molecule has 0 amide bonds. The van der Waals surface area contributed by atoms with Gasteiger partial charge in [0.1, 0.15) is 5.75 Å². The van der Waals surface area contributed by atoms with Crippen molar-refractivity contribution in [3.8, 4) is 5.75 Å². The number of hydrogen-bond acceptors (Lipinski definition) is 3. The van der Waals surface area contributed by atoms with Gasteiger partial charge in [-0.15, -0.1) is 0 Å². The van der Waals surface area contributed by atoms with Crippen LogP contribution in [0.3, 0.4) is 0 Å². The third-order valence-corrected chi connectivity index (χ3v) is 3.61. The zero-order chi connectivity index (χ0) is 14.9. The Morgan fingerprint density at radius 2 is 2.00 bits per heavy atom. The molecule has 1 heterocycles. The maximum atomic E-state index is 12.7. The van der Waals surface area contributed by atoms with Gasteiger partial charge in [0.25, 0.3) is 0 Å². The molecule has 4 heteroatoms. The predicted octanol–water partition coefficient (Wildman–Crippen LogP) is 2.84. The van der Waals surface area contributed by atoms with Gasteiger partial charge in [-0.25, -0.2) is 0 Å². The third-order valence-electron chi connectivity index (χ3n) is 3.61. The van der Waals surface area contributed by atoms with Crippen LogP contribution in [0.2, 0.25) is 0 Å². The summed E-state index contributed by atoms with van der Waals surface area (Å²) in [6.45, 7) is 5.97. The fourth-order valence-corrected chi connectivity index (χ4v) is 2.36. The Labute approximate surface area is 119 Å². The van der Waals surface area contributed by atoms with Gasteiger partial charge in [0.2, 0.25) is 0 Å². The Morgan fingerprint density at radius 3 is 2.60 bits per heavy atom. The first-order chi connectivity index (χ1) is 9.49. The highest BCUT2D eigenvalue weighted by Crippen LogP contribution is 2.28. The van der Waals surface area contributed by atoms with Gasteiger partial charge < -0.3 is 4.74 Å². The molecule has 1 aromatic heterocycles. The SMILES string of the molecule is CCc1nn(C)cc1C(=O)c1ccc(C)c(C)c1OC. The van der Waals surface area contributed by atoms with E-state index in [1.54, 1.807) is 18.0 Å². The van der Waals surface area contributed by atoms with Gasteiger partial charge in [0, 0.05) is 13.2 Å². The van der Waals surface area contributed by atoms with Gasteiger partial charge in [0.05, 0.1) is 23.9 Å². The Morgan fingerprint density at radius 1 is 1.30 bits per heavy atom. The van der Waals surface area contributed by atoms with Crippen LogP contribution in [0.4, 0.5) is 0 Å². The maximum Gasteiger partial charge on any atom is 0.200 e. The summed E-state index contributed by atoms with van der Waals surface area (Å²) < 4.78 is 7.11. The zero-order valence-electron chi connectivity index (χ0n) is 12.7. The van der Waals surface area contributed by atoms with E-state index in [1.807, 2.05) is 40.0 Å². The van der Waals surface area contributed by atoms with Crippen molar-refractivity contribution in [2.24, 2.45) is 7.05 Å². The zero-order valence-corrected chi connectivity index (χ0v) is 12.7. The molecule has 0 atom stereocenters. The molecule has 0 saturated heterocycles. The maximum absolute atomic E-state index is 12.7. The highest BCUT2D eigenvalue weighted by atomic mass is 16.5. The Kier molecular flexibility index (Phi) is 3.93. The monoisotopic (exact) mass is 272 g/mol. The number of ether oxygens (including phenoxy) is 1. The Hall–Kier alpha value is -2.10. The van der Waals surface area contributed by atoms with Crippen LogP contribution in [-0.4, -0.2) is 22.7 Å². The molecular weight excluding hydrogens is 252 g/mol. The molecule has 0 radical (unpaired) electrons. The molecule has 4 nitrogen and oxygen atoms in total. The Bertz CT molecular complexity index is 657. The van der Waals surface area contributed by atoms with E-state index in [2.05, 4.69) is 5.10 Å². The molecule has 1 aromatic carbocycles. The quantitative estimate of drug-likeness (QED) is 0.804. The molecule has 2 aromatic rings. The van der Waals surface area contributed by atoms with Crippen LogP contribution in [0.25, 0.3) is 0 Å². The summed E-state index contributed by atoms with van der Waals surface area (Å²) in [5.74, 6) is 0.621. The van der Waals surface area contributed by atoms with Gasteiger partial charge >= 0.3 is 0 Å². The lowest BCUT2D eigenvalue weighted by Crippen LogP contribution is -2.07. The largest absolute Gasteiger partial charge is 0.496 e. The summed E-state index contributed by atoms with van der Waals surface area (Å²) in [5, 5.41) is 4.33. The molecule has 0 bridgehead atoms. The van der Waals surface area contributed by atoms with E-state index in [9.17, 15) is 4.79 Å². The number of carbonyl (C=O) groups is 1. The smallest absolute Gasteiger partial charge is 0.200 e. The number of methoxy groups -OCH3 is 1.